The van der Waals surface area contributed by atoms with Crippen LogP contribution in [0.1, 0.15) is 29.3 Å². The highest BCUT2D eigenvalue weighted by molar-refractivity contribution is 7.18. The molecule has 0 saturated carbocycles. The van der Waals surface area contributed by atoms with Crippen LogP contribution >= 0.6 is 11.3 Å². The summed E-state index contributed by atoms with van der Waals surface area (Å²) in [5.74, 6) is 0.347. The Morgan fingerprint density at radius 2 is 2.03 bits per heavy atom. The number of non-ortho nitro benzene ring substituents is 1. The van der Waals surface area contributed by atoms with E-state index in [4.69, 9.17) is 4.98 Å². The predicted octanol–water partition coefficient (Wildman–Crippen LogP) is 2.91. The number of nitrogens with one attached hydrogen (secondary N) is 2. The topological polar surface area (TPSA) is 89.6 Å². The van der Waals surface area contributed by atoms with Crippen LogP contribution in [0.25, 0.3) is 10.2 Å². The van der Waals surface area contributed by atoms with Gasteiger partial charge in [0.25, 0.3) is 11.6 Å². The highest BCUT2D eigenvalue weighted by Gasteiger charge is 2.27. The van der Waals surface area contributed by atoms with Crippen molar-refractivity contribution in [2.45, 2.75) is 25.7 Å². The lowest BCUT2D eigenvalue weighted by molar-refractivity contribution is -0.897. The van der Waals surface area contributed by atoms with E-state index in [1.807, 2.05) is 19.1 Å². The number of benzene rings is 2. The minimum absolute atomic E-state index is 0.0186. The van der Waals surface area contributed by atoms with Crippen LogP contribution in [0.2, 0.25) is 0 Å². The van der Waals surface area contributed by atoms with Crippen molar-refractivity contribution in [3.8, 4) is 0 Å². The normalized spacial score (nSPS) is 19.2. The van der Waals surface area contributed by atoms with E-state index in [9.17, 15) is 14.9 Å². The average Bonchev–Trinajstić information content (AvgIpc) is 3.14. The monoisotopic (exact) mass is 411 g/mol. The lowest BCUT2D eigenvalue weighted by Gasteiger charge is -2.27. The first kappa shape index (κ1) is 19.5. The van der Waals surface area contributed by atoms with Gasteiger partial charge in [-0.15, -0.1) is 11.3 Å². The van der Waals surface area contributed by atoms with E-state index in [0.29, 0.717) is 18.2 Å². The Bertz CT molecular complexity index is 1020. The molecule has 1 aromatic heterocycles. The number of nitrogens with zero attached hydrogens (tertiary/aromatic N) is 2. The number of hydrogen-bond donors (Lipinski definition) is 2. The van der Waals surface area contributed by atoms with E-state index in [-0.39, 0.29) is 11.6 Å². The van der Waals surface area contributed by atoms with E-state index in [2.05, 4.69) is 17.4 Å². The van der Waals surface area contributed by atoms with Crippen molar-refractivity contribution >= 4 is 38.8 Å². The van der Waals surface area contributed by atoms with Crippen LogP contribution in [-0.4, -0.2) is 35.4 Å². The molecule has 1 fully saturated rings. The van der Waals surface area contributed by atoms with Crippen molar-refractivity contribution in [2.24, 2.45) is 0 Å². The molecule has 3 aromatic rings. The number of thiazole rings is 1. The number of quaternary nitrogens is 1. The fourth-order valence-corrected chi connectivity index (χ4v) is 4.93. The number of likely N-dealkylation sites (tertiary alicyclic amines) is 1. The molecular formula is C21H23N4O3S+. The molecule has 0 bridgehead atoms. The molecule has 0 spiro atoms. The van der Waals surface area contributed by atoms with Gasteiger partial charge in [-0.05, 0) is 24.6 Å². The Morgan fingerprint density at radius 1 is 1.28 bits per heavy atom. The number of piperidine rings is 1. The molecule has 8 heteroatoms. The highest BCUT2D eigenvalue weighted by Crippen LogP contribution is 2.31. The van der Waals surface area contributed by atoms with Gasteiger partial charge < -0.3 is 10.2 Å². The maximum atomic E-state index is 12.5. The van der Waals surface area contributed by atoms with Gasteiger partial charge in [-0.2, -0.15) is 0 Å². The van der Waals surface area contributed by atoms with Crippen LogP contribution in [-0.2, 0) is 4.79 Å². The van der Waals surface area contributed by atoms with Gasteiger partial charge in [-0.25, -0.2) is 4.98 Å². The second kappa shape index (κ2) is 8.26. The van der Waals surface area contributed by atoms with Crippen LogP contribution in [0.4, 0.5) is 11.4 Å². The van der Waals surface area contributed by atoms with Crippen LogP contribution in [0.3, 0.4) is 0 Å². The third-order valence-electron chi connectivity index (χ3n) is 5.47. The third kappa shape index (κ3) is 4.44. The maximum absolute atomic E-state index is 12.5. The second-order valence-corrected chi connectivity index (χ2v) is 8.59. The highest BCUT2D eigenvalue weighted by atomic mass is 32.1. The molecule has 0 radical (unpaired) electrons. The van der Waals surface area contributed by atoms with E-state index in [1.54, 1.807) is 17.4 Å². The first-order chi connectivity index (χ1) is 14.0. The Kier molecular flexibility index (Phi) is 5.55. The van der Waals surface area contributed by atoms with Crippen molar-refractivity contribution in [3.05, 3.63) is 63.1 Å². The third-order valence-corrected chi connectivity index (χ3v) is 6.67. The first-order valence-corrected chi connectivity index (χ1v) is 10.5. The van der Waals surface area contributed by atoms with Gasteiger partial charge in [0.05, 0.1) is 38.9 Å². The standard InChI is InChI=1S/C21H22N4O3S/c1-14-6-7-16(25(27)28)12-18(14)22-20(26)13-24-10-8-15(9-11-24)21-23-17-4-2-3-5-19(17)29-21/h2-7,12,15H,8-11,13H2,1H3,(H,22,26)/p+1. The summed E-state index contributed by atoms with van der Waals surface area (Å²) < 4.78 is 1.23. The van der Waals surface area contributed by atoms with Gasteiger partial charge in [0.1, 0.15) is 0 Å². The Morgan fingerprint density at radius 3 is 2.76 bits per heavy atom. The van der Waals surface area contributed by atoms with Crippen molar-refractivity contribution < 1.29 is 14.6 Å². The summed E-state index contributed by atoms with van der Waals surface area (Å²) >= 11 is 1.77. The zero-order valence-corrected chi connectivity index (χ0v) is 17.0. The Balaban J connectivity index is 1.33. The van der Waals surface area contributed by atoms with Crippen LogP contribution in [0.5, 0.6) is 0 Å². The van der Waals surface area contributed by atoms with Crippen molar-refractivity contribution in [2.75, 3.05) is 25.0 Å². The summed E-state index contributed by atoms with van der Waals surface area (Å²) in [5.41, 5.74) is 2.37. The van der Waals surface area contributed by atoms with Crippen molar-refractivity contribution in [3.63, 3.8) is 0 Å². The molecule has 2 heterocycles. The number of aryl methyl sites for hydroxylation is 1. The number of anilines is 1. The van der Waals surface area contributed by atoms with Crippen LogP contribution in [0, 0.1) is 17.0 Å². The predicted molar refractivity (Wildman–Crippen MR) is 114 cm³/mol. The number of carbonyl (C=O) groups is 1. The summed E-state index contributed by atoms with van der Waals surface area (Å²) in [7, 11) is 0. The lowest BCUT2D eigenvalue weighted by atomic mass is 9.97. The number of aromatic nitrogens is 1. The first-order valence-electron chi connectivity index (χ1n) is 9.73. The molecule has 1 aliphatic heterocycles. The van der Waals surface area contributed by atoms with Gasteiger partial charge in [0, 0.05) is 30.9 Å². The van der Waals surface area contributed by atoms with Crippen LogP contribution < -0.4 is 10.2 Å². The number of amides is 1. The molecule has 1 aliphatic rings. The largest absolute Gasteiger partial charge is 0.327 e. The number of para-hydroxylation sites is 1. The fourth-order valence-electron chi connectivity index (χ4n) is 3.79. The fraction of sp³-hybridized carbons (Fsp3) is 0.333. The smallest absolute Gasteiger partial charge is 0.279 e. The summed E-state index contributed by atoms with van der Waals surface area (Å²) in [5, 5.41) is 15.0. The average molecular weight is 412 g/mol. The van der Waals surface area contributed by atoms with E-state index in [1.165, 1.54) is 26.7 Å². The molecule has 2 N–H and O–H groups in total. The molecular weight excluding hydrogens is 388 g/mol. The Labute approximate surface area is 172 Å². The molecule has 4 rings (SSSR count). The molecule has 7 nitrogen and oxygen atoms in total. The summed E-state index contributed by atoms with van der Waals surface area (Å²) in [6.07, 6.45) is 2.02. The number of nitro groups is 1. The number of carbonyl (C=O) groups excluding carboxylic acids is 1. The quantitative estimate of drug-likeness (QED) is 0.499. The van der Waals surface area contributed by atoms with E-state index < -0.39 is 4.92 Å². The van der Waals surface area contributed by atoms with Gasteiger partial charge in [0.2, 0.25) is 0 Å². The summed E-state index contributed by atoms with van der Waals surface area (Å²) in [6, 6.07) is 12.7. The summed E-state index contributed by atoms with van der Waals surface area (Å²) in [4.78, 5) is 29.0. The molecule has 29 heavy (non-hydrogen) atoms. The summed E-state index contributed by atoms with van der Waals surface area (Å²) in [6.45, 7) is 4.04. The van der Waals surface area contributed by atoms with Gasteiger partial charge in [0.15, 0.2) is 6.54 Å². The van der Waals surface area contributed by atoms with Crippen molar-refractivity contribution in [1.29, 1.82) is 0 Å². The SMILES string of the molecule is Cc1ccc([N+](=O)[O-])cc1NC(=O)C[NH+]1CCC(c2nc3ccccc3s2)CC1. The zero-order chi connectivity index (χ0) is 20.4. The lowest BCUT2D eigenvalue weighted by Crippen LogP contribution is -3.14. The number of nitro benzene ring substituents is 1. The van der Waals surface area contributed by atoms with Crippen LogP contribution in [0.15, 0.2) is 42.5 Å². The van der Waals surface area contributed by atoms with Gasteiger partial charge >= 0.3 is 0 Å². The van der Waals surface area contributed by atoms with Gasteiger partial charge in [-0.3, -0.25) is 14.9 Å². The van der Waals surface area contributed by atoms with Gasteiger partial charge in [-0.1, -0.05) is 18.2 Å². The molecule has 0 atom stereocenters. The van der Waals surface area contributed by atoms with E-state index in [0.717, 1.165) is 37.0 Å². The Hall–Kier alpha value is -2.84. The molecule has 2 aromatic carbocycles. The molecule has 150 valence electrons. The number of hydrogen-bond acceptors (Lipinski definition) is 5. The van der Waals surface area contributed by atoms with E-state index >= 15 is 0 Å². The number of rotatable bonds is 5. The molecule has 1 saturated heterocycles. The molecule has 1 amide bonds. The number of fused-ring (bicyclic) bond motifs is 1. The minimum Gasteiger partial charge on any atom is -0.327 e. The second-order valence-electron chi connectivity index (χ2n) is 7.53. The zero-order valence-electron chi connectivity index (χ0n) is 16.2. The molecule has 0 unspecified atom stereocenters. The minimum atomic E-state index is -0.451. The molecule has 0 aliphatic carbocycles. The van der Waals surface area contributed by atoms with Crippen molar-refractivity contribution in [1.82, 2.24) is 4.98 Å². The maximum Gasteiger partial charge on any atom is 0.279 e.